The third-order valence-electron chi connectivity index (χ3n) is 2.91. The van der Waals surface area contributed by atoms with Crippen LogP contribution in [0.25, 0.3) is 0 Å². The lowest BCUT2D eigenvalue weighted by atomic mass is 10.1. The Morgan fingerprint density at radius 2 is 2.29 bits per heavy atom. The van der Waals surface area contributed by atoms with Crippen molar-refractivity contribution in [2.75, 3.05) is 25.9 Å². The van der Waals surface area contributed by atoms with Crippen molar-refractivity contribution >= 4 is 11.6 Å². The van der Waals surface area contributed by atoms with Crippen LogP contribution in [-0.2, 0) is 0 Å². The first-order valence-corrected chi connectivity index (χ1v) is 5.60. The first-order chi connectivity index (χ1) is 8.04. The number of benzene rings is 1. The summed E-state index contributed by atoms with van der Waals surface area (Å²) in [5, 5.41) is 2.88. The molecule has 2 rings (SSSR count). The summed E-state index contributed by atoms with van der Waals surface area (Å²) in [5.41, 5.74) is 6.04. The predicted octanol–water partition coefficient (Wildman–Crippen LogP) is 0.842. The Morgan fingerprint density at radius 1 is 1.53 bits per heavy atom. The van der Waals surface area contributed by atoms with Crippen molar-refractivity contribution < 1.29 is 9.18 Å². The first-order valence-electron chi connectivity index (χ1n) is 5.60. The number of nitrogens with two attached hydrogens (primary N) is 1. The lowest BCUT2D eigenvalue weighted by Gasteiger charge is -2.13. The standard InChI is InChI=1S/C12H16FN3O/c1-16-3-2-11(7-16)15-12(17)8-4-9(13)6-10(14)5-8/h4-6,11H,2-3,7,14H2,1H3,(H,15,17). The van der Waals surface area contributed by atoms with Crippen molar-refractivity contribution in [3.63, 3.8) is 0 Å². The smallest absolute Gasteiger partial charge is 0.251 e. The fourth-order valence-electron chi connectivity index (χ4n) is 2.06. The van der Waals surface area contributed by atoms with Gasteiger partial charge in [-0.1, -0.05) is 0 Å². The van der Waals surface area contributed by atoms with Crippen LogP contribution in [0.5, 0.6) is 0 Å². The molecule has 0 radical (unpaired) electrons. The molecule has 1 amide bonds. The van der Waals surface area contributed by atoms with Crippen molar-refractivity contribution in [3.8, 4) is 0 Å². The molecule has 0 saturated carbocycles. The summed E-state index contributed by atoms with van der Waals surface area (Å²) >= 11 is 0. The maximum absolute atomic E-state index is 13.1. The molecule has 0 aromatic heterocycles. The van der Waals surface area contributed by atoms with Gasteiger partial charge >= 0.3 is 0 Å². The molecule has 4 nitrogen and oxygen atoms in total. The molecule has 1 aliphatic heterocycles. The van der Waals surface area contributed by atoms with Gasteiger partial charge in [-0.15, -0.1) is 0 Å². The van der Waals surface area contributed by atoms with Gasteiger partial charge in [0.05, 0.1) is 0 Å². The average Bonchev–Trinajstić information content (AvgIpc) is 2.62. The number of halogens is 1. The zero-order valence-electron chi connectivity index (χ0n) is 9.74. The highest BCUT2D eigenvalue weighted by atomic mass is 19.1. The number of rotatable bonds is 2. The highest BCUT2D eigenvalue weighted by molar-refractivity contribution is 5.95. The molecule has 0 bridgehead atoms. The van der Waals surface area contributed by atoms with E-state index in [2.05, 4.69) is 10.2 Å². The van der Waals surface area contributed by atoms with Crippen LogP contribution in [0.15, 0.2) is 18.2 Å². The zero-order valence-corrected chi connectivity index (χ0v) is 9.74. The number of hydrogen-bond acceptors (Lipinski definition) is 3. The number of likely N-dealkylation sites (N-methyl/N-ethyl adjacent to an activating group) is 1. The second-order valence-corrected chi connectivity index (χ2v) is 4.49. The highest BCUT2D eigenvalue weighted by Gasteiger charge is 2.21. The van der Waals surface area contributed by atoms with Crippen LogP contribution in [0.2, 0.25) is 0 Å². The Kier molecular flexibility index (Phi) is 3.28. The first kappa shape index (κ1) is 11.9. The van der Waals surface area contributed by atoms with Gasteiger partial charge in [-0.3, -0.25) is 4.79 Å². The van der Waals surface area contributed by atoms with E-state index in [0.29, 0.717) is 0 Å². The van der Waals surface area contributed by atoms with Gasteiger partial charge in [0.15, 0.2) is 0 Å². The lowest BCUT2D eigenvalue weighted by Crippen LogP contribution is -2.36. The van der Waals surface area contributed by atoms with E-state index in [1.807, 2.05) is 7.05 Å². The summed E-state index contributed by atoms with van der Waals surface area (Å²) in [6, 6.07) is 4.01. The van der Waals surface area contributed by atoms with Gasteiger partial charge in [0.25, 0.3) is 5.91 Å². The number of amides is 1. The number of carbonyl (C=O) groups excluding carboxylic acids is 1. The molecule has 1 aromatic rings. The fraction of sp³-hybridized carbons (Fsp3) is 0.417. The van der Waals surface area contributed by atoms with Crippen LogP contribution < -0.4 is 11.1 Å². The molecule has 1 aromatic carbocycles. The maximum Gasteiger partial charge on any atom is 0.251 e. The topological polar surface area (TPSA) is 58.4 Å². The van der Waals surface area contributed by atoms with Crippen LogP contribution in [0.1, 0.15) is 16.8 Å². The number of anilines is 1. The van der Waals surface area contributed by atoms with E-state index >= 15 is 0 Å². The van der Waals surface area contributed by atoms with E-state index in [1.54, 1.807) is 0 Å². The van der Waals surface area contributed by atoms with Crippen LogP contribution in [0.4, 0.5) is 10.1 Å². The van der Waals surface area contributed by atoms with Crippen LogP contribution in [-0.4, -0.2) is 37.0 Å². The van der Waals surface area contributed by atoms with Gasteiger partial charge in [0.2, 0.25) is 0 Å². The molecular weight excluding hydrogens is 221 g/mol. The lowest BCUT2D eigenvalue weighted by molar-refractivity contribution is 0.0938. The molecule has 17 heavy (non-hydrogen) atoms. The van der Waals surface area contributed by atoms with Gasteiger partial charge in [-0.25, -0.2) is 4.39 Å². The molecule has 0 aliphatic carbocycles. The van der Waals surface area contributed by atoms with Crippen LogP contribution >= 0.6 is 0 Å². The van der Waals surface area contributed by atoms with Gasteiger partial charge < -0.3 is 16.0 Å². The van der Waals surface area contributed by atoms with E-state index < -0.39 is 5.82 Å². The second-order valence-electron chi connectivity index (χ2n) is 4.49. The van der Waals surface area contributed by atoms with E-state index in [9.17, 15) is 9.18 Å². The van der Waals surface area contributed by atoms with E-state index in [0.717, 1.165) is 19.5 Å². The molecule has 1 heterocycles. The van der Waals surface area contributed by atoms with Crippen molar-refractivity contribution in [2.45, 2.75) is 12.5 Å². The zero-order chi connectivity index (χ0) is 12.4. The molecule has 92 valence electrons. The Bertz CT molecular complexity index is 416. The number of carbonyl (C=O) groups is 1. The maximum atomic E-state index is 13.1. The molecule has 1 fully saturated rings. The van der Waals surface area contributed by atoms with Crippen LogP contribution in [0.3, 0.4) is 0 Å². The SMILES string of the molecule is CN1CCC(NC(=O)c2cc(N)cc(F)c2)C1. The van der Waals surface area contributed by atoms with E-state index in [-0.39, 0.29) is 23.2 Å². The minimum absolute atomic E-state index is 0.136. The van der Waals surface area contributed by atoms with Gasteiger partial charge in [-0.2, -0.15) is 0 Å². The summed E-state index contributed by atoms with van der Waals surface area (Å²) in [4.78, 5) is 14.0. The normalized spacial score (nSPS) is 20.5. The molecular formula is C12H16FN3O. The number of hydrogen-bond donors (Lipinski definition) is 2. The summed E-state index contributed by atoms with van der Waals surface area (Å²) < 4.78 is 13.1. The van der Waals surface area contributed by atoms with Gasteiger partial charge in [0.1, 0.15) is 5.82 Å². The Balaban J connectivity index is 2.04. The summed E-state index contributed by atoms with van der Waals surface area (Å²) in [7, 11) is 2.01. The fourth-order valence-corrected chi connectivity index (χ4v) is 2.06. The van der Waals surface area contributed by atoms with Crippen molar-refractivity contribution in [1.29, 1.82) is 0 Å². The molecule has 1 unspecified atom stereocenters. The predicted molar refractivity (Wildman–Crippen MR) is 64.2 cm³/mol. The van der Waals surface area contributed by atoms with Gasteiger partial charge in [-0.05, 0) is 38.2 Å². The number of nitrogen functional groups attached to an aromatic ring is 1. The molecule has 1 saturated heterocycles. The Morgan fingerprint density at radius 3 is 2.88 bits per heavy atom. The number of likely N-dealkylation sites (tertiary alicyclic amines) is 1. The molecule has 1 aliphatic rings. The van der Waals surface area contributed by atoms with Crippen molar-refractivity contribution in [1.82, 2.24) is 10.2 Å². The molecule has 1 atom stereocenters. The highest BCUT2D eigenvalue weighted by Crippen LogP contribution is 2.12. The third-order valence-corrected chi connectivity index (χ3v) is 2.91. The van der Waals surface area contributed by atoms with E-state index in [4.69, 9.17) is 5.73 Å². The Hall–Kier alpha value is -1.62. The minimum atomic E-state index is -0.487. The van der Waals surface area contributed by atoms with Crippen molar-refractivity contribution in [3.05, 3.63) is 29.6 Å². The van der Waals surface area contributed by atoms with E-state index in [1.165, 1.54) is 18.2 Å². The number of nitrogens with zero attached hydrogens (tertiary/aromatic N) is 1. The van der Waals surface area contributed by atoms with Gasteiger partial charge in [0, 0.05) is 23.8 Å². The summed E-state index contributed by atoms with van der Waals surface area (Å²) in [6.45, 7) is 1.80. The Labute approximate surface area is 99.6 Å². The largest absolute Gasteiger partial charge is 0.399 e. The monoisotopic (exact) mass is 237 g/mol. The summed E-state index contributed by atoms with van der Waals surface area (Å²) in [5.74, 6) is -0.754. The van der Waals surface area contributed by atoms with Crippen molar-refractivity contribution in [2.24, 2.45) is 0 Å². The second kappa shape index (κ2) is 4.71. The molecule has 3 N–H and O–H groups in total. The third kappa shape index (κ3) is 2.94. The molecule has 5 heteroatoms. The molecule has 0 spiro atoms. The average molecular weight is 237 g/mol. The number of nitrogens with one attached hydrogen (secondary N) is 1. The minimum Gasteiger partial charge on any atom is -0.399 e. The summed E-state index contributed by atoms with van der Waals surface area (Å²) in [6.07, 6.45) is 0.924. The quantitative estimate of drug-likeness (QED) is 0.749. The van der Waals surface area contributed by atoms with Crippen LogP contribution in [0, 0.1) is 5.82 Å².